The van der Waals surface area contributed by atoms with Gasteiger partial charge in [-0.15, -0.1) is 0 Å². The van der Waals surface area contributed by atoms with E-state index in [2.05, 4.69) is 5.10 Å². The highest BCUT2D eigenvalue weighted by Gasteiger charge is 1.92. The molecule has 0 saturated carbocycles. The van der Waals surface area contributed by atoms with E-state index < -0.39 is 0 Å². The minimum absolute atomic E-state index is 0.0520. The summed E-state index contributed by atoms with van der Waals surface area (Å²) >= 11 is 0. The van der Waals surface area contributed by atoms with Crippen molar-refractivity contribution in [3.8, 4) is 0 Å². The molecule has 52 valence electrons. The summed E-state index contributed by atoms with van der Waals surface area (Å²) in [6.07, 6.45) is 3.50. The topological polar surface area (TPSA) is 68.3 Å². The molecule has 1 aromatic heterocycles. The van der Waals surface area contributed by atoms with Gasteiger partial charge >= 0.3 is 0 Å². The maximum atomic E-state index is 5.13. The van der Waals surface area contributed by atoms with Crippen molar-refractivity contribution in [2.24, 2.45) is 16.6 Å². The minimum atomic E-state index is 0.0520. The predicted octanol–water partition coefficient (Wildman–Crippen LogP) is -0.989. The highest BCUT2D eigenvalue weighted by molar-refractivity contribution is 5.74. The first-order valence-electron chi connectivity index (χ1n) is 2.85. The van der Waals surface area contributed by atoms with E-state index in [-0.39, 0.29) is 5.96 Å². The Balaban J connectivity index is 2.87. The third-order valence-electron chi connectivity index (χ3n) is 0.931. The Kier molecular flexibility index (Phi) is 1.84. The summed E-state index contributed by atoms with van der Waals surface area (Å²) in [7, 11) is 0. The zero-order valence-corrected chi connectivity index (χ0v) is 5.44. The highest BCUT2D eigenvalue weighted by Crippen LogP contribution is 1.74. The van der Waals surface area contributed by atoms with Gasteiger partial charge < -0.3 is 11.5 Å². The van der Waals surface area contributed by atoms with Crippen molar-refractivity contribution in [3.63, 3.8) is 0 Å². The molecule has 0 unspecified atom stereocenters. The van der Waals surface area contributed by atoms with Crippen LogP contribution in [0.4, 0.5) is 0 Å². The van der Waals surface area contributed by atoms with Crippen molar-refractivity contribution in [3.05, 3.63) is 30.6 Å². The highest BCUT2D eigenvalue weighted by atomic mass is 15.4. The quantitative estimate of drug-likeness (QED) is 0.296. The summed E-state index contributed by atoms with van der Waals surface area (Å²) in [6.45, 7) is 0. The molecule has 0 spiro atoms. The van der Waals surface area contributed by atoms with Crippen molar-refractivity contribution in [2.75, 3.05) is 0 Å². The van der Waals surface area contributed by atoms with Crippen LogP contribution in [0.25, 0.3) is 0 Å². The Bertz CT molecular complexity index is 225. The maximum absolute atomic E-state index is 5.13. The van der Waals surface area contributed by atoms with Gasteiger partial charge in [0.25, 0.3) is 5.96 Å². The zero-order chi connectivity index (χ0) is 7.40. The number of aromatic nitrogens is 1. The predicted molar refractivity (Wildman–Crippen MR) is 37.8 cm³/mol. The molecule has 0 aliphatic rings. The van der Waals surface area contributed by atoms with Crippen LogP contribution in [-0.4, -0.2) is 5.96 Å². The Morgan fingerprint density at radius 3 is 2.20 bits per heavy atom. The monoisotopic (exact) mass is 137 g/mol. The van der Waals surface area contributed by atoms with Crippen molar-refractivity contribution >= 4 is 5.96 Å². The lowest BCUT2D eigenvalue weighted by atomic mass is 10.5. The summed E-state index contributed by atoms with van der Waals surface area (Å²) in [5.74, 6) is 0.0520. The fraction of sp³-hybridized carbons (Fsp3) is 0. The molecule has 4 heteroatoms. The molecule has 4 nitrogen and oxygen atoms in total. The van der Waals surface area contributed by atoms with Crippen LogP contribution < -0.4 is 16.1 Å². The first-order chi connectivity index (χ1) is 4.79. The fourth-order valence-corrected chi connectivity index (χ4v) is 0.590. The Morgan fingerprint density at radius 1 is 1.10 bits per heavy atom. The maximum Gasteiger partial charge on any atom is 0.257 e. The molecular weight excluding hydrogens is 128 g/mol. The summed E-state index contributed by atoms with van der Waals surface area (Å²) in [4.78, 5) is 0. The molecule has 0 amide bonds. The third-order valence-corrected chi connectivity index (χ3v) is 0.931. The molecule has 0 atom stereocenters. The summed E-state index contributed by atoms with van der Waals surface area (Å²) < 4.78 is 1.54. The largest absolute Gasteiger partial charge is 0.365 e. The molecule has 0 aliphatic carbocycles. The normalized spacial score (nSPS) is 8.80. The smallest absolute Gasteiger partial charge is 0.257 e. The molecular formula is C6H9N4+. The average Bonchev–Trinajstić information content (AvgIpc) is 1.88. The number of nitrogens with zero attached hydrogens (tertiary/aromatic N) is 2. The van der Waals surface area contributed by atoms with Gasteiger partial charge in [0.05, 0.1) is 0 Å². The van der Waals surface area contributed by atoms with Gasteiger partial charge in [-0.25, -0.2) is 0 Å². The third kappa shape index (κ3) is 1.74. The fourth-order valence-electron chi connectivity index (χ4n) is 0.590. The zero-order valence-electron chi connectivity index (χ0n) is 5.44. The summed E-state index contributed by atoms with van der Waals surface area (Å²) in [5.41, 5.74) is 10.3. The van der Waals surface area contributed by atoms with Crippen LogP contribution in [0, 0.1) is 0 Å². The molecule has 10 heavy (non-hydrogen) atoms. The molecule has 4 N–H and O–H groups in total. The SMILES string of the molecule is NC(N)=N[n+]1ccccc1. The first-order valence-corrected chi connectivity index (χ1v) is 2.85. The van der Waals surface area contributed by atoms with Gasteiger partial charge in [0.15, 0.2) is 0 Å². The van der Waals surface area contributed by atoms with Gasteiger partial charge in [-0.05, 0) is 0 Å². The van der Waals surface area contributed by atoms with Gasteiger partial charge in [-0.2, -0.15) is 0 Å². The number of hydrogen-bond acceptors (Lipinski definition) is 1. The minimum Gasteiger partial charge on any atom is -0.365 e. The number of pyridine rings is 1. The van der Waals surface area contributed by atoms with E-state index in [0.29, 0.717) is 0 Å². The molecule has 1 aromatic rings. The van der Waals surface area contributed by atoms with Gasteiger partial charge in [-0.1, -0.05) is 10.7 Å². The Labute approximate surface area is 58.8 Å². The Morgan fingerprint density at radius 2 is 1.70 bits per heavy atom. The lowest BCUT2D eigenvalue weighted by Gasteiger charge is -1.83. The van der Waals surface area contributed by atoms with Crippen LogP contribution in [-0.2, 0) is 0 Å². The lowest BCUT2D eigenvalue weighted by molar-refractivity contribution is -0.679. The van der Waals surface area contributed by atoms with Crippen LogP contribution >= 0.6 is 0 Å². The van der Waals surface area contributed by atoms with Gasteiger partial charge in [0.1, 0.15) is 0 Å². The second kappa shape index (κ2) is 2.82. The molecule has 0 aromatic carbocycles. The molecule has 0 aliphatic heterocycles. The van der Waals surface area contributed by atoms with E-state index in [4.69, 9.17) is 11.5 Å². The van der Waals surface area contributed by atoms with E-state index in [1.54, 1.807) is 12.4 Å². The van der Waals surface area contributed by atoms with Crippen molar-refractivity contribution in [1.29, 1.82) is 0 Å². The van der Waals surface area contributed by atoms with Gasteiger partial charge in [0, 0.05) is 17.2 Å². The average molecular weight is 137 g/mol. The molecule has 1 rings (SSSR count). The molecule has 0 bridgehead atoms. The van der Waals surface area contributed by atoms with Crippen LogP contribution in [0.2, 0.25) is 0 Å². The van der Waals surface area contributed by atoms with E-state index in [0.717, 1.165) is 0 Å². The van der Waals surface area contributed by atoms with Crippen LogP contribution in [0.3, 0.4) is 0 Å². The summed E-state index contributed by atoms with van der Waals surface area (Å²) in [5, 5.41) is 3.75. The number of hydrogen-bond donors (Lipinski definition) is 2. The van der Waals surface area contributed by atoms with E-state index in [9.17, 15) is 0 Å². The summed E-state index contributed by atoms with van der Waals surface area (Å²) in [6, 6.07) is 5.57. The number of guanidine groups is 1. The van der Waals surface area contributed by atoms with E-state index in [1.807, 2.05) is 18.2 Å². The Hall–Kier alpha value is -1.58. The van der Waals surface area contributed by atoms with E-state index in [1.165, 1.54) is 4.68 Å². The van der Waals surface area contributed by atoms with Crippen LogP contribution in [0.5, 0.6) is 0 Å². The van der Waals surface area contributed by atoms with E-state index >= 15 is 0 Å². The molecule has 0 saturated heterocycles. The van der Waals surface area contributed by atoms with Crippen LogP contribution in [0.1, 0.15) is 0 Å². The van der Waals surface area contributed by atoms with Crippen LogP contribution in [0.15, 0.2) is 35.7 Å². The second-order valence-electron chi connectivity index (χ2n) is 1.78. The standard InChI is InChI=1S/C6H9N4/c7-6(8)9-10-4-2-1-3-5-10/h1-5H,(H4,7,8,9)/q+1. The van der Waals surface area contributed by atoms with Gasteiger partial charge in [-0.3, -0.25) is 0 Å². The second-order valence-corrected chi connectivity index (χ2v) is 1.78. The number of rotatable bonds is 1. The van der Waals surface area contributed by atoms with Crippen molar-refractivity contribution in [1.82, 2.24) is 0 Å². The molecule has 0 fully saturated rings. The number of nitrogens with two attached hydrogens (primary N) is 2. The molecule has 1 heterocycles. The first kappa shape index (κ1) is 6.54. The van der Waals surface area contributed by atoms with Gasteiger partial charge in [0.2, 0.25) is 12.4 Å². The lowest BCUT2D eigenvalue weighted by Crippen LogP contribution is -2.34. The molecule has 0 radical (unpaired) electrons. The van der Waals surface area contributed by atoms with Crippen molar-refractivity contribution in [2.45, 2.75) is 0 Å². The van der Waals surface area contributed by atoms with Crippen molar-refractivity contribution < 1.29 is 4.68 Å².